The van der Waals surface area contributed by atoms with Crippen molar-refractivity contribution in [3.63, 3.8) is 0 Å². The molecule has 1 N–H and O–H groups in total. The zero-order chi connectivity index (χ0) is 19.5. The fourth-order valence-electron chi connectivity index (χ4n) is 2.14. The number of hydrogen-bond acceptors (Lipinski definition) is 4. The Bertz CT molecular complexity index is 599. The molecule has 1 aromatic rings. The summed E-state index contributed by atoms with van der Waals surface area (Å²) in [5.41, 5.74) is -2.59. The van der Waals surface area contributed by atoms with E-state index in [0.29, 0.717) is 0 Å². The maximum absolute atomic E-state index is 14.3. The molecule has 4 nitrogen and oxygen atoms in total. The number of carbonyl (C=O) groups is 1. The molecule has 0 aliphatic heterocycles. The van der Waals surface area contributed by atoms with Crippen LogP contribution in [0.3, 0.4) is 0 Å². The fraction of sp³-hybridized carbons (Fsp3) is 0.611. The molecule has 1 rings (SSSR count). The van der Waals surface area contributed by atoms with Crippen LogP contribution in [-0.2, 0) is 26.4 Å². The normalized spacial score (nSPS) is 16.2. The molecule has 0 aliphatic carbocycles. The lowest BCUT2D eigenvalue weighted by Crippen LogP contribution is -2.54. The highest BCUT2D eigenvalue weighted by Crippen LogP contribution is 2.32. The Balaban J connectivity index is 3.29. The van der Waals surface area contributed by atoms with Crippen LogP contribution in [0.2, 0.25) is 0 Å². The number of ether oxygens (including phenoxy) is 1. The minimum Gasteiger partial charge on any atom is -0.598 e. The standard InChI is InChI=1S/C18H27F2NO3S/c1-16(2,3)24-15(22)11-18(12-19,21-25(23)17(4,5)6)13-9-7-8-10-14(13)20/h7-10,21H,11-12H2,1-6H3/t18-,25-/m1/s1. The number of halogens is 2. The number of alkyl halides is 1. The van der Waals surface area contributed by atoms with Crippen molar-refractivity contribution in [2.24, 2.45) is 0 Å². The maximum atomic E-state index is 14.3. The van der Waals surface area contributed by atoms with Crippen molar-refractivity contribution in [2.75, 3.05) is 6.67 Å². The van der Waals surface area contributed by atoms with Crippen molar-refractivity contribution in [3.8, 4) is 0 Å². The molecule has 0 fully saturated rings. The first-order valence-corrected chi connectivity index (χ1v) is 9.18. The van der Waals surface area contributed by atoms with Crippen LogP contribution in [0.1, 0.15) is 53.5 Å². The second-order valence-electron chi connectivity index (χ2n) is 7.94. The van der Waals surface area contributed by atoms with Crippen LogP contribution in [0.25, 0.3) is 0 Å². The first-order chi connectivity index (χ1) is 11.3. The van der Waals surface area contributed by atoms with Gasteiger partial charge in [0.25, 0.3) is 0 Å². The number of nitrogens with one attached hydrogen (secondary N) is 1. The molecule has 0 radical (unpaired) electrons. The average Bonchev–Trinajstić information content (AvgIpc) is 2.43. The highest BCUT2D eigenvalue weighted by molar-refractivity contribution is 7.90. The highest BCUT2D eigenvalue weighted by Gasteiger charge is 2.45. The van der Waals surface area contributed by atoms with Gasteiger partial charge in [0.05, 0.1) is 6.42 Å². The molecule has 7 heteroatoms. The predicted molar refractivity (Wildman–Crippen MR) is 95.5 cm³/mol. The van der Waals surface area contributed by atoms with Crippen LogP contribution in [0.4, 0.5) is 8.78 Å². The molecule has 0 bridgehead atoms. The van der Waals surface area contributed by atoms with E-state index in [-0.39, 0.29) is 5.56 Å². The van der Waals surface area contributed by atoms with Crippen molar-refractivity contribution in [1.29, 1.82) is 0 Å². The monoisotopic (exact) mass is 375 g/mol. The van der Waals surface area contributed by atoms with Crippen LogP contribution >= 0.6 is 0 Å². The SMILES string of the molecule is CC(C)(C)OC(=O)C[C@](CF)(N[S@+]([O-])C(C)(C)C)c1ccccc1F. The third-order valence-corrected chi connectivity index (χ3v) is 5.02. The summed E-state index contributed by atoms with van der Waals surface area (Å²) in [6.07, 6.45) is -0.483. The molecule has 0 amide bonds. The molecular formula is C18H27F2NO3S. The third kappa shape index (κ3) is 6.24. The first-order valence-electron chi connectivity index (χ1n) is 8.03. The number of hydrogen-bond donors (Lipinski definition) is 1. The third-order valence-electron chi connectivity index (χ3n) is 3.33. The smallest absolute Gasteiger partial charge is 0.308 e. The Morgan fingerprint density at radius 1 is 1.20 bits per heavy atom. The van der Waals surface area contributed by atoms with Gasteiger partial charge in [-0.3, -0.25) is 4.79 Å². The van der Waals surface area contributed by atoms with E-state index < -0.39 is 52.1 Å². The summed E-state index contributed by atoms with van der Waals surface area (Å²) in [4.78, 5) is 12.3. The Morgan fingerprint density at radius 2 is 1.76 bits per heavy atom. The van der Waals surface area contributed by atoms with Crippen LogP contribution in [0, 0.1) is 5.82 Å². The van der Waals surface area contributed by atoms with Crippen LogP contribution < -0.4 is 4.72 Å². The van der Waals surface area contributed by atoms with Gasteiger partial charge in [0.1, 0.15) is 28.4 Å². The van der Waals surface area contributed by atoms with Crippen LogP contribution in [0.5, 0.6) is 0 Å². The number of benzene rings is 1. The van der Waals surface area contributed by atoms with Gasteiger partial charge in [0.2, 0.25) is 0 Å². The van der Waals surface area contributed by atoms with Gasteiger partial charge in [0, 0.05) is 16.9 Å². The van der Waals surface area contributed by atoms with Crippen LogP contribution in [0.15, 0.2) is 24.3 Å². The molecule has 0 unspecified atom stereocenters. The van der Waals surface area contributed by atoms with Crippen LogP contribution in [-0.4, -0.2) is 27.5 Å². The zero-order valence-corrected chi connectivity index (χ0v) is 16.4. The van der Waals surface area contributed by atoms with Gasteiger partial charge in [-0.05, 0) is 47.6 Å². The first kappa shape index (κ1) is 21.9. The quantitative estimate of drug-likeness (QED) is 0.607. The zero-order valence-electron chi connectivity index (χ0n) is 15.6. The second-order valence-corrected chi connectivity index (χ2v) is 9.91. The molecule has 1 aromatic carbocycles. The molecule has 2 atom stereocenters. The Labute approximate surface area is 151 Å². The van der Waals surface area contributed by atoms with Gasteiger partial charge >= 0.3 is 5.97 Å². The molecule has 0 heterocycles. The average molecular weight is 375 g/mol. The summed E-state index contributed by atoms with van der Waals surface area (Å²) in [7, 11) is 0. The van der Waals surface area contributed by atoms with Crippen molar-refractivity contribution in [3.05, 3.63) is 35.6 Å². The number of carbonyl (C=O) groups excluding carboxylic acids is 1. The fourth-order valence-corrected chi connectivity index (χ4v) is 3.03. The summed E-state index contributed by atoms with van der Waals surface area (Å²) in [5.74, 6) is -1.38. The van der Waals surface area contributed by atoms with Gasteiger partial charge in [-0.15, -0.1) is 4.72 Å². The van der Waals surface area contributed by atoms with E-state index in [1.54, 1.807) is 47.6 Å². The van der Waals surface area contributed by atoms with E-state index >= 15 is 0 Å². The molecule has 25 heavy (non-hydrogen) atoms. The molecule has 0 saturated carbocycles. The number of rotatable bonds is 6. The van der Waals surface area contributed by atoms with E-state index in [1.165, 1.54) is 18.2 Å². The van der Waals surface area contributed by atoms with E-state index in [1.807, 2.05) is 0 Å². The molecule has 0 aromatic heterocycles. The van der Waals surface area contributed by atoms with E-state index in [2.05, 4.69) is 4.72 Å². The molecule has 142 valence electrons. The van der Waals surface area contributed by atoms with Gasteiger partial charge in [0.15, 0.2) is 0 Å². The summed E-state index contributed by atoms with van der Waals surface area (Å²) in [5, 5.41) is 0. The molecular weight excluding hydrogens is 348 g/mol. The highest BCUT2D eigenvalue weighted by atomic mass is 32.2. The largest absolute Gasteiger partial charge is 0.598 e. The second kappa shape index (κ2) is 8.01. The predicted octanol–water partition coefficient (Wildman–Crippen LogP) is 3.77. The lowest BCUT2D eigenvalue weighted by molar-refractivity contribution is -0.156. The number of esters is 1. The summed E-state index contributed by atoms with van der Waals surface area (Å²) in [6.45, 7) is 9.05. The topological polar surface area (TPSA) is 61.4 Å². The molecule has 0 aliphatic rings. The van der Waals surface area contributed by atoms with E-state index in [0.717, 1.165) is 0 Å². The minimum absolute atomic E-state index is 0.0547. The maximum Gasteiger partial charge on any atom is 0.308 e. The Kier molecular flexibility index (Phi) is 7.01. The van der Waals surface area contributed by atoms with Crippen molar-refractivity contribution >= 4 is 17.3 Å². The Morgan fingerprint density at radius 3 is 2.20 bits per heavy atom. The van der Waals surface area contributed by atoms with Gasteiger partial charge in [-0.25, -0.2) is 8.78 Å². The van der Waals surface area contributed by atoms with Crippen molar-refractivity contribution < 1.29 is 22.9 Å². The van der Waals surface area contributed by atoms with Gasteiger partial charge in [-0.2, -0.15) is 0 Å². The van der Waals surface area contributed by atoms with Crippen molar-refractivity contribution in [1.82, 2.24) is 4.72 Å². The summed E-state index contributed by atoms with van der Waals surface area (Å²) < 4.78 is 48.2. The van der Waals surface area contributed by atoms with Gasteiger partial charge in [-0.1, -0.05) is 18.2 Å². The Hall–Kier alpha value is -1.18. The van der Waals surface area contributed by atoms with Crippen molar-refractivity contribution in [2.45, 2.75) is 63.9 Å². The van der Waals surface area contributed by atoms with Gasteiger partial charge < -0.3 is 9.29 Å². The molecule has 0 spiro atoms. The van der Waals surface area contributed by atoms with E-state index in [9.17, 15) is 18.1 Å². The lowest BCUT2D eigenvalue weighted by atomic mass is 9.88. The molecule has 0 saturated heterocycles. The minimum atomic E-state index is -1.77. The summed E-state index contributed by atoms with van der Waals surface area (Å²) >= 11 is -1.72. The van der Waals surface area contributed by atoms with E-state index in [4.69, 9.17) is 4.74 Å². The lowest BCUT2D eigenvalue weighted by Gasteiger charge is -2.36. The summed E-state index contributed by atoms with van der Waals surface area (Å²) in [6, 6.07) is 5.57.